The molecule has 6 nitrogen and oxygen atoms in total. The van der Waals surface area contributed by atoms with Crippen LogP contribution in [0.3, 0.4) is 0 Å². The highest BCUT2D eigenvalue weighted by Crippen LogP contribution is 2.16. The number of rotatable bonds is 10. The standard InChI is InChI=1S/C22H26N2O4/c1-3-4-5-10-21(26)24-17-13-11-16(12-14-17)20(25)15-28-22(27)18-8-6-7-9-19(18)23-2/h6-9,11-14,23H,3-5,10,15H2,1-2H3,(H,24,26). The van der Waals surface area contributed by atoms with Gasteiger partial charge < -0.3 is 15.4 Å². The number of carbonyl (C=O) groups excluding carboxylic acids is 3. The molecule has 28 heavy (non-hydrogen) atoms. The summed E-state index contributed by atoms with van der Waals surface area (Å²) in [7, 11) is 1.71. The number of hydrogen-bond donors (Lipinski definition) is 2. The molecule has 0 aromatic heterocycles. The molecule has 0 unspecified atom stereocenters. The van der Waals surface area contributed by atoms with E-state index >= 15 is 0 Å². The number of ether oxygens (including phenoxy) is 1. The first kappa shape index (κ1) is 21.2. The average Bonchev–Trinajstić information content (AvgIpc) is 2.72. The molecule has 2 rings (SSSR count). The number of unbranched alkanes of at least 4 members (excludes halogenated alkanes) is 2. The van der Waals surface area contributed by atoms with Gasteiger partial charge in [-0.05, 0) is 42.8 Å². The molecule has 0 saturated carbocycles. The first-order valence-corrected chi connectivity index (χ1v) is 9.42. The van der Waals surface area contributed by atoms with E-state index in [1.807, 2.05) is 0 Å². The summed E-state index contributed by atoms with van der Waals surface area (Å²) in [6.45, 7) is 1.74. The quantitative estimate of drug-likeness (QED) is 0.364. The summed E-state index contributed by atoms with van der Waals surface area (Å²) in [6.07, 6.45) is 3.44. The summed E-state index contributed by atoms with van der Waals surface area (Å²) >= 11 is 0. The van der Waals surface area contributed by atoms with Gasteiger partial charge in [0.05, 0.1) is 5.56 Å². The molecule has 0 aliphatic heterocycles. The van der Waals surface area contributed by atoms with Crippen molar-refractivity contribution in [3.63, 3.8) is 0 Å². The van der Waals surface area contributed by atoms with Crippen LogP contribution in [-0.2, 0) is 9.53 Å². The van der Waals surface area contributed by atoms with Crippen LogP contribution in [-0.4, -0.2) is 31.3 Å². The van der Waals surface area contributed by atoms with Crippen LogP contribution in [0.1, 0.15) is 53.3 Å². The van der Waals surface area contributed by atoms with E-state index in [-0.39, 0.29) is 18.3 Å². The number of para-hydroxylation sites is 1. The molecule has 0 heterocycles. The van der Waals surface area contributed by atoms with Gasteiger partial charge in [0, 0.05) is 30.4 Å². The average molecular weight is 382 g/mol. The van der Waals surface area contributed by atoms with Crippen molar-refractivity contribution < 1.29 is 19.1 Å². The fourth-order valence-corrected chi connectivity index (χ4v) is 2.67. The third kappa shape index (κ3) is 6.23. The molecule has 0 saturated heterocycles. The number of esters is 1. The second-order valence-corrected chi connectivity index (χ2v) is 6.38. The zero-order chi connectivity index (χ0) is 20.4. The molecule has 0 radical (unpaired) electrons. The number of nitrogens with one attached hydrogen (secondary N) is 2. The van der Waals surface area contributed by atoms with Crippen molar-refractivity contribution in [1.29, 1.82) is 0 Å². The fourth-order valence-electron chi connectivity index (χ4n) is 2.67. The molecule has 2 aromatic carbocycles. The van der Waals surface area contributed by atoms with Gasteiger partial charge in [0.2, 0.25) is 5.91 Å². The van der Waals surface area contributed by atoms with Gasteiger partial charge in [-0.2, -0.15) is 0 Å². The number of benzene rings is 2. The SMILES string of the molecule is CCCCCC(=O)Nc1ccc(C(=O)COC(=O)c2ccccc2NC)cc1. The predicted octanol–water partition coefficient (Wildman–Crippen LogP) is 4.29. The van der Waals surface area contributed by atoms with E-state index in [1.54, 1.807) is 55.6 Å². The molecule has 0 aliphatic rings. The molecule has 0 fully saturated rings. The number of anilines is 2. The second-order valence-electron chi connectivity index (χ2n) is 6.38. The number of ketones is 1. The predicted molar refractivity (Wildman–Crippen MR) is 110 cm³/mol. The van der Waals surface area contributed by atoms with E-state index in [0.717, 1.165) is 19.3 Å². The summed E-state index contributed by atoms with van der Waals surface area (Å²) < 4.78 is 5.14. The summed E-state index contributed by atoms with van der Waals surface area (Å²) in [5.74, 6) is -0.907. The molecule has 0 aliphatic carbocycles. The van der Waals surface area contributed by atoms with Crippen molar-refractivity contribution in [3.05, 3.63) is 59.7 Å². The van der Waals surface area contributed by atoms with Crippen LogP contribution in [0.15, 0.2) is 48.5 Å². The van der Waals surface area contributed by atoms with E-state index in [2.05, 4.69) is 17.6 Å². The summed E-state index contributed by atoms with van der Waals surface area (Å²) in [5, 5.41) is 5.72. The Morgan fingerprint density at radius 3 is 2.36 bits per heavy atom. The highest BCUT2D eigenvalue weighted by atomic mass is 16.5. The highest BCUT2D eigenvalue weighted by molar-refractivity contribution is 6.01. The maximum absolute atomic E-state index is 12.3. The largest absolute Gasteiger partial charge is 0.454 e. The molecule has 6 heteroatoms. The first-order valence-electron chi connectivity index (χ1n) is 9.42. The lowest BCUT2D eigenvalue weighted by Crippen LogP contribution is -2.15. The molecular formula is C22H26N2O4. The number of carbonyl (C=O) groups is 3. The van der Waals surface area contributed by atoms with Crippen LogP contribution in [0.2, 0.25) is 0 Å². The Morgan fingerprint density at radius 2 is 1.68 bits per heavy atom. The lowest BCUT2D eigenvalue weighted by molar-refractivity contribution is -0.116. The van der Waals surface area contributed by atoms with E-state index in [9.17, 15) is 14.4 Å². The normalized spacial score (nSPS) is 10.2. The van der Waals surface area contributed by atoms with Crippen LogP contribution in [0.4, 0.5) is 11.4 Å². The number of amides is 1. The van der Waals surface area contributed by atoms with Crippen molar-refractivity contribution in [3.8, 4) is 0 Å². The minimum Gasteiger partial charge on any atom is -0.454 e. The lowest BCUT2D eigenvalue weighted by Gasteiger charge is -2.09. The summed E-state index contributed by atoms with van der Waals surface area (Å²) in [6, 6.07) is 13.5. The van der Waals surface area contributed by atoms with Gasteiger partial charge in [-0.25, -0.2) is 4.79 Å². The van der Waals surface area contributed by atoms with Gasteiger partial charge in [-0.15, -0.1) is 0 Å². The van der Waals surface area contributed by atoms with E-state index in [1.165, 1.54) is 0 Å². The van der Waals surface area contributed by atoms with Crippen molar-refractivity contribution in [2.24, 2.45) is 0 Å². The van der Waals surface area contributed by atoms with Crippen LogP contribution >= 0.6 is 0 Å². The Labute approximate surface area is 165 Å². The van der Waals surface area contributed by atoms with Gasteiger partial charge in [0.25, 0.3) is 0 Å². The second kappa shape index (κ2) is 10.9. The van der Waals surface area contributed by atoms with Crippen LogP contribution in [0, 0.1) is 0 Å². The molecule has 2 N–H and O–H groups in total. The fraction of sp³-hybridized carbons (Fsp3) is 0.318. The molecule has 0 atom stereocenters. The van der Waals surface area contributed by atoms with Crippen LogP contribution < -0.4 is 10.6 Å². The van der Waals surface area contributed by atoms with Crippen molar-refractivity contribution in [2.45, 2.75) is 32.6 Å². The molecule has 1 amide bonds. The number of hydrogen-bond acceptors (Lipinski definition) is 5. The number of Topliss-reactive ketones (excluding diaryl/α,β-unsaturated/α-hetero) is 1. The highest BCUT2D eigenvalue weighted by Gasteiger charge is 2.14. The van der Waals surface area contributed by atoms with Gasteiger partial charge in [-0.3, -0.25) is 9.59 Å². The van der Waals surface area contributed by atoms with E-state index in [0.29, 0.717) is 28.9 Å². The van der Waals surface area contributed by atoms with E-state index in [4.69, 9.17) is 4.74 Å². The van der Waals surface area contributed by atoms with Crippen molar-refractivity contribution in [1.82, 2.24) is 0 Å². The lowest BCUT2D eigenvalue weighted by atomic mass is 10.1. The third-order valence-electron chi connectivity index (χ3n) is 4.25. The zero-order valence-corrected chi connectivity index (χ0v) is 16.3. The molecule has 2 aromatic rings. The zero-order valence-electron chi connectivity index (χ0n) is 16.3. The van der Waals surface area contributed by atoms with Crippen LogP contribution in [0.25, 0.3) is 0 Å². The van der Waals surface area contributed by atoms with Gasteiger partial charge in [0.15, 0.2) is 12.4 Å². The molecule has 0 spiro atoms. The molecule has 148 valence electrons. The minimum atomic E-state index is -0.561. The smallest absolute Gasteiger partial charge is 0.340 e. The minimum absolute atomic E-state index is 0.0374. The summed E-state index contributed by atoms with van der Waals surface area (Å²) in [5.41, 5.74) is 2.06. The maximum Gasteiger partial charge on any atom is 0.340 e. The topological polar surface area (TPSA) is 84.5 Å². The van der Waals surface area contributed by atoms with Crippen molar-refractivity contribution >= 4 is 29.0 Å². The Bertz CT molecular complexity index is 816. The van der Waals surface area contributed by atoms with Gasteiger partial charge in [0.1, 0.15) is 0 Å². The Morgan fingerprint density at radius 1 is 0.964 bits per heavy atom. The van der Waals surface area contributed by atoms with E-state index < -0.39 is 5.97 Å². The maximum atomic E-state index is 12.3. The van der Waals surface area contributed by atoms with Crippen LogP contribution in [0.5, 0.6) is 0 Å². The Kier molecular flexibility index (Phi) is 8.21. The Balaban J connectivity index is 1.87. The van der Waals surface area contributed by atoms with Crippen molar-refractivity contribution in [2.75, 3.05) is 24.3 Å². The summed E-state index contributed by atoms with van der Waals surface area (Å²) in [4.78, 5) is 36.3. The first-order chi connectivity index (χ1) is 13.5. The van der Waals surface area contributed by atoms with Gasteiger partial charge in [-0.1, -0.05) is 31.9 Å². The molecule has 0 bridgehead atoms. The third-order valence-corrected chi connectivity index (χ3v) is 4.25. The molecular weight excluding hydrogens is 356 g/mol. The monoisotopic (exact) mass is 382 g/mol. The van der Waals surface area contributed by atoms with Gasteiger partial charge >= 0.3 is 5.97 Å². The Hall–Kier alpha value is -3.15.